The number of rotatable bonds is 32. The molecule has 2 nitrogen and oxygen atoms in total. The monoisotopic (exact) mass is 522 g/mol. The Balaban J connectivity index is 3.14. The molecule has 0 radical (unpaired) electrons. The standard InChI is InChI=1S/C35H71NO/c1-3-5-7-9-11-13-15-17-19-20-21-23-25-27-29-31-33-35(37)36-34-32-30-28-26-24-22-18-16-14-12-10-8-6-4-2/h3-34H2,1-2H3,(H,36,37). The summed E-state index contributed by atoms with van der Waals surface area (Å²) in [5, 5.41) is 3.14. The fourth-order valence-electron chi connectivity index (χ4n) is 5.47. The van der Waals surface area contributed by atoms with E-state index in [1.54, 1.807) is 0 Å². The summed E-state index contributed by atoms with van der Waals surface area (Å²) in [6.45, 7) is 5.47. The van der Waals surface area contributed by atoms with Crippen molar-refractivity contribution in [2.24, 2.45) is 0 Å². The molecule has 0 aliphatic heterocycles. The van der Waals surface area contributed by atoms with E-state index in [1.807, 2.05) is 0 Å². The first-order valence-electron chi connectivity index (χ1n) is 17.6. The molecule has 0 saturated carbocycles. The highest BCUT2D eigenvalue weighted by molar-refractivity contribution is 5.75. The van der Waals surface area contributed by atoms with E-state index in [9.17, 15) is 4.79 Å². The molecule has 0 aromatic heterocycles. The van der Waals surface area contributed by atoms with Crippen LogP contribution in [0.15, 0.2) is 0 Å². The van der Waals surface area contributed by atoms with Crippen molar-refractivity contribution < 1.29 is 4.79 Å². The SMILES string of the molecule is CCCCCCCCCCCCCCCCCCC(=O)NCCCCCCCCCCCCCCCC. The minimum Gasteiger partial charge on any atom is -0.356 e. The molecule has 1 N–H and O–H groups in total. The molecule has 0 spiro atoms. The molecule has 0 rings (SSSR count). The lowest BCUT2D eigenvalue weighted by atomic mass is 10.0. The van der Waals surface area contributed by atoms with Gasteiger partial charge in [0.25, 0.3) is 0 Å². The van der Waals surface area contributed by atoms with Crippen LogP contribution in [0.1, 0.15) is 213 Å². The Morgan fingerprint density at radius 1 is 0.351 bits per heavy atom. The second kappa shape index (κ2) is 33.5. The minimum atomic E-state index is 0.278. The summed E-state index contributed by atoms with van der Waals surface area (Å²) in [4.78, 5) is 12.0. The minimum absolute atomic E-state index is 0.278. The maximum Gasteiger partial charge on any atom is 0.219 e. The Morgan fingerprint density at radius 2 is 0.595 bits per heavy atom. The van der Waals surface area contributed by atoms with E-state index >= 15 is 0 Å². The van der Waals surface area contributed by atoms with Gasteiger partial charge in [-0.2, -0.15) is 0 Å². The average Bonchev–Trinajstić information content (AvgIpc) is 2.90. The first kappa shape index (κ1) is 36.5. The predicted molar refractivity (Wildman–Crippen MR) is 167 cm³/mol. The molecule has 0 unspecified atom stereocenters. The molecule has 37 heavy (non-hydrogen) atoms. The molecule has 1 amide bonds. The van der Waals surface area contributed by atoms with Crippen molar-refractivity contribution in [1.29, 1.82) is 0 Å². The molecule has 222 valence electrons. The van der Waals surface area contributed by atoms with Crippen LogP contribution in [0, 0.1) is 0 Å². The summed E-state index contributed by atoms with van der Waals surface area (Å²) >= 11 is 0. The predicted octanol–water partition coefficient (Wildman–Crippen LogP) is 12.2. The number of nitrogens with one attached hydrogen (secondary N) is 1. The van der Waals surface area contributed by atoms with E-state index in [0.29, 0.717) is 0 Å². The van der Waals surface area contributed by atoms with E-state index in [-0.39, 0.29) is 5.91 Å². The number of hydrogen-bond donors (Lipinski definition) is 1. The van der Waals surface area contributed by atoms with Gasteiger partial charge >= 0.3 is 0 Å². The number of hydrogen-bond acceptors (Lipinski definition) is 1. The first-order chi connectivity index (χ1) is 18.3. The lowest BCUT2D eigenvalue weighted by Crippen LogP contribution is -2.23. The molecule has 2 heteroatoms. The van der Waals surface area contributed by atoms with Gasteiger partial charge in [-0.15, -0.1) is 0 Å². The molecule has 0 aliphatic carbocycles. The van der Waals surface area contributed by atoms with Crippen molar-refractivity contribution in [3.63, 3.8) is 0 Å². The van der Waals surface area contributed by atoms with Crippen molar-refractivity contribution in [1.82, 2.24) is 5.32 Å². The van der Waals surface area contributed by atoms with E-state index in [4.69, 9.17) is 0 Å². The second-order valence-corrected chi connectivity index (χ2v) is 12.0. The summed E-state index contributed by atoms with van der Waals surface area (Å²) in [5.74, 6) is 0.278. The average molecular weight is 522 g/mol. The van der Waals surface area contributed by atoms with E-state index < -0.39 is 0 Å². The van der Waals surface area contributed by atoms with Crippen LogP contribution in [-0.4, -0.2) is 12.5 Å². The molecule has 0 bridgehead atoms. The van der Waals surface area contributed by atoms with Crippen LogP contribution in [0.3, 0.4) is 0 Å². The van der Waals surface area contributed by atoms with Crippen molar-refractivity contribution in [2.45, 2.75) is 213 Å². The number of carbonyl (C=O) groups excluding carboxylic acids is 1. The van der Waals surface area contributed by atoms with E-state index in [1.165, 1.54) is 180 Å². The Bertz CT molecular complexity index is 421. The molecule has 0 aliphatic rings. The highest BCUT2D eigenvalue weighted by Crippen LogP contribution is 2.15. The van der Waals surface area contributed by atoms with Gasteiger partial charge in [0, 0.05) is 13.0 Å². The Hall–Kier alpha value is -0.530. The first-order valence-corrected chi connectivity index (χ1v) is 17.6. The fraction of sp³-hybridized carbons (Fsp3) is 0.971. The summed E-state index contributed by atoms with van der Waals surface area (Å²) < 4.78 is 0. The zero-order valence-corrected chi connectivity index (χ0v) is 26.0. The Labute approximate surface area is 235 Å². The van der Waals surface area contributed by atoms with Gasteiger partial charge in [0.15, 0.2) is 0 Å². The van der Waals surface area contributed by atoms with Crippen LogP contribution in [0.5, 0.6) is 0 Å². The van der Waals surface area contributed by atoms with Crippen LogP contribution in [0.25, 0.3) is 0 Å². The maximum absolute atomic E-state index is 12.0. The topological polar surface area (TPSA) is 29.1 Å². The number of amides is 1. The Morgan fingerprint density at radius 3 is 0.892 bits per heavy atom. The van der Waals surface area contributed by atoms with Gasteiger partial charge in [0.1, 0.15) is 0 Å². The Kier molecular flexibility index (Phi) is 33.0. The quantitative estimate of drug-likeness (QED) is 0.0876. The van der Waals surface area contributed by atoms with Gasteiger partial charge in [-0.3, -0.25) is 4.79 Å². The van der Waals surface area contributed by atoms with E-state index in [2.05, 4.69) is 19.2 Å². The molecule has 0 atom stereocenters. The van der Waals surface area contributed by atoms with Gasteiger partial charge in [0.2, 0.25) is 5.91 Å². The lowest BCUT2D eigenvalue weighted by molar-refractivity contribution is -0.121. The molecule has 0 heterocycles. The van der Waals surface area contributed by atoms with Gasteiger partial charge in [-0.05, 0) is 12.8 Å². The largest absolute Gasteiger partial charge is 0.356 e. The van der Waals surface area contributed by atoms with Gasteiger partial charge in [-0.25, -0.2) is 0 Å². The zero-order chi connectivity index (χ0) is 26.9. The number of carbonyl (C=O) groups is 1. The highest BCUT2D eigenvalue weighted by Gasteiger charge is 2.01. The molecular weight excluding hydrogens is 450 g/mol. The van der Waals surface area contributed by atoms with Crippen molar-refractivity contribution in [3.8, 4) is 0 Å². The summed E-state index contributed by atoms with van der Waals surface area (Å²) in [6.07, 6.45) is 42.3. The smallest absolute Gasteiger partial charge is 0.219 e. The third-order valence-electron chi connectivity index (χ3n) is 8.11. The fourth-order valence-corrected chi connectivity index (χ4v) is 5.47. The number of unbranched alkanes of at least 4 members (excludes halogenated alkanes) is 28. The zero-order valence-electron chi connectivity index (χ0n) is 26.0. The van der Waals surface area contributed by atoms with Crippen LogP contribution < -0.4 is 5.32 Å². The van der Waals surface area contributed by atoms with Crippen LogP contribution in [0.4, 0.5) is 0 Å². The third-order valence-corrected chi connectivity index (χ3v) is 8.11. The maximum atomic E-state index is 12.0. The van der Waals surface area contributed by atoms with Crippen LogP contribution in [0.2, 0.25) is 0 Å². The van der Waals surface area contributed by atoms with Crippen LogP contribution >= 0.6 is 0 Å². The molecule has 0 saturated heterocycles. The van der Waals surface area contributed by atoms with Crippen molar-refractivity contribution in [3.05, 3.63) is 0 Å². The summed E-state index contributed by atoms with van der Waals surface area (Å²) in [7, 11) is 0. The van der Waals surface area contributed by atoms with Gasteiger partial charge < -0.3 is 5.32 Å². The summed E-state index contributed by atoms with van der Waals surface area (Å²) in [6, 6.07) is 0. The lowest BCUT2D eigenvalue weighted by Gasteiger charge is -2.06. The molecular formula is C35H71NO. The molecule has 0 fully saturated rings. The highest BCUT2D eigenvalue weighted by atomic mass is 16.1. The molecule has 0 aromatic carbocycles. The normalized spacial score (nSPS) is 11.3. The van der Waals surface area contributed by atoms with E-state index in [0.717, 1.165) is 25.8 Å². The third kappa shape index (κ3) is 33.4. The van der Waals surface area contributed by atoms with Crippen molar-refractivity contribution in [2.75, 3.05) is 6.54 Å². The second-order valence-electron chi connectivity index (χ2n) is 12.0. The molecule has 0 aromatic rings. The van der Waals surface area contributed by atoms with Gasteiger partial charge in [-0.1, -0.05) is 194 Å². The van der Waals surface area contributed by atoms with Crippen molar-refractivity contribution >= 4 is 5.91 Å². The summed E-state index contributed by atoms with van der Waals surface area (Å²) in [5.41, 5.74) is 0. The van der Waals surface area contributed by atoms with Crippen LogP contribution in [-0.2, 0) is 4.79 Å². The van der Waals surface area contributed by atoms with Gasteiger partial charge in [0.05, 0.1) is 0 Å².